The average Bonchev–Trinajstić information content (AvgIpc) is 2.66. The molecule has 2 aliphatic rings. The maximum Gasteiger partial charge on any atom is 0.194 e. The molecular formula is C14H15F3O2. The minimum atomic E-state index is -1.47. The largest absolute Gasteiger partial charge is 0.389 e. The Morgan fingerprint density at radius 2 is 1.63 bits per heavy atom. The van der Waals surface area contributed by atoms with Crippen LogP contribution in [0, 0.1) is 17.5 Å². The van der Waals surface area contributed by atoms with Gasteiger partial charge in [0.05, 0.1) is 17.8 Å². The predicted molar refractivity (Wildman–Crippen MR) is 62.1 cm³/mol. The smallest absolute Gasteiger partial charge is 0.194 e. The van der Waals surface area contributed by atoms with Crippen molar-refractivity contribution in [2.45, 2.75) is 49.9 Å². The van der Waals surface area contributed by atoms with Crippen LogP contribution in [0.1, 0.15) is 31.2 Å². The van der Waals surface area contributed by atoms with Gasteiger partial charge in [0, 0.05) is 19.3 Å². The van der Waals surface area contributed by atoms with Gasteiger partial charge < -0.3 is 9.84 Å². The lowest BCUT2D eigenvalue weighted by Gasteiger charge is -2.36. The Kier molecular flexibility index (Phi) is 3.06. The highest BCUT2D eigenvalue weighted by molar-refractivity contribution is 5.22. The number of hydrogen-bond donors (Lipinski definition) is 1. The molecule has 0 aromatic heterocycles. The van der Waals surface area contributed by atoms with Crippen LogP contribution in [0.2, 0.25) is 0 Å². The summed E-state index contributed by atoms with van der Waals surface area (Å²) in [5.41, 5.74) is -0.735. The molecule has 0 amide bonds. The van der Waals surface area contributed by atoms with Gasteiger partial charge in [-0.3, -0.25) is 0 Å². The van der Waals surface area contributed by atoms with Gasteiger partial charge in [-0.2, -0.15) is 0 Å². The van der Waals surface area contributed by atoms with Gasteiger partial charge in [-0.1, -0.05) is 0 Å². The third-order valence-electron chi connectivity index (χ3n) is 3.99. The summed E-state index contributed by atoms with van der Waals surface area (Å²) in [5, 5.41) is 10.5. The number of fused-ring (bicyclic) bond motifs is 2. The molecule has 2 fully saturated rings. The highest BCUT2D eigenvalue weighted by Gasteiger charge is 2.43. The molecule has 3 rings (SSSR count). The number of rotatable bonds is 2. The minimum Gasteiger partial charge on any atom is -0.389 e. The molecule has 2 heterocycles. The van der Waals surface area contributed by atoms with Crippen LogP contribution in [0.5, 0.6) is 0 Å². The summed E-state index contributed by atoms with van der Waals surface area (Å²) >= 11 is 0. The van der Waals surface area contributed by atoms with E-state index in [2.05, 4.69) is 0 Å². The molecule has 2 atom stereocenters. The van der Waals surface area contributed by atoms with Crippen LogP contribution >= 0.6 is 0 Å². The van der Waals surface area contributed by atoms with E-state index in [1.807, 2.05) is 0 Å². The Hall–Kier alpha value is -1.07. The first-order valence-electron chi connectivity index (χ1n) is 6.46. The van der Waals surface area contributed by atoms with E-state index in [1.165, 1.54) is 0 Å². The molecule has 2 bridgehead atoms. The van der Waals surface area contributed by atoms with Gasteiger partial charge >= 0.3 is 0 Å². The average molecular weight is 272 g/mol. The highest BCUT2D eigenvalue weighted by Crippen LogP contribution is 2.40. The maximum atomic E-state index is 13.2. The van der Waals surface area contributed by atoms with Crippen molar-refractivity contribution >= 4 is 0 Å². The molecule has 0 aliphatic carbocycles. The normalized spacial score (nSPS) is 33.7. The van der Waals surface area contributed by atoms with Gasteiger partial charge in [0.1, 0.15) is 0 Å². The molecule has 19 heavy (non-hydrogen) atoms. The van der Waals surface area contributed by atoms with Crippen molar-refractivity contribution in [3.05, 3.63) is 35.1 Å². The standard InChI is InChI=1S/C14H15F3O2/c15-11-3-8(4-12(16)13(11)17)5-14(18)6-9-1-2-10(7-14)19-9/h3-4,9-10,18H,1-2,5-7H2. The van der Waals surface area contributed by atoms with E-state index < -0.39 is 23.1 Å². The Balaban J connectivity index is 1.81. The lowest BCUT2D eigenvalue weighted by Crippen LogP contribution is -2.42. The Bertz CT molecular complexity index is 468. The fourth-order valence-electron chi connectivity index (χ4n) is 3.25. The molecule has 0 spiro atoms. The summed E-state index contributed by atoms with van der Waals surface area (Å²) in [6.07, 6.45) is 2.93. The van der Waals surface area contributed by atoms with Crippen molar-refractivity contribution in [1.29, 1.82) is 0 Å². The molecule has 0 saturated carbocycles. The van der Waals surface area contributed by atoms with Crippen LogP contribution < -0.4 is 0 Å². The summed E-state index contributed by atoms with van der Waals surface area (Å²) in [7, 11) is 0. The fraction of sp³-hybridized carbons (Fsp3) is 0.571. The topological polar surface area (TPSA) is 29.5 Å². The van der Waals surface area contributed by atoms with Crippen molar-refractivity contribution in [1.82, 2.24) is 0 Å². The third-order valence-corrected chi connectivity index (χ3v) is 3.99. The SMILES string of the molecule is OC1(Cc2cc(F)c(F)c(F)c2)CC2CCC(C1)O2. The van der Waals surface area contributed by atoms with Crippen LogP contribution in [-0.4, -0.2) is 22.9 Å². The van der Waals surface area contributed by atoms with Gasteiger partial charge in [0.25, 0.3) is 0 Å². The van der Waals surface area contributed by atoms with Crippen molar-refractivity contribution in [2.24, 2.45) is 0 Å². The second-order valence-electron chi connectivity index (χ2n) is 5.64. The first kappa shape index (κ1) is 12.9. The zero-order chi connectivity index (χ0) is 13.6. The maximum absolute atomic E-state index is 13.2. The second kappa shape index (κ2) is 4.49. The molecule has 0 radical (unpaired) electrons. The van der Waals surface area contributed by atoms with Crippen molar-refractivity contribution < 1.29 is 23.0 Å². The number of aliphatic hydroxyl groups is 1. The molecule has 2 saturated heterocycles. The summed E-state index contributed by atoms with van der Waals surface area (Å²) in [5.74, 6) is -3.90. The van der Waals surface area contributed by atoms with Gasteiger partial charge in [-0.15, -0.1) is 0 Å². The second-order valence-corrected chi connectivity index (χ2v) is 5.64. The van der Waals surface area contributed by atoms with Crippen LogP contribution in [-0.2, 0) is 11.2 Å². The number of halogens is 3. The summed E-state index contributed by atoms with van der Waals surface area (Å²) in [4.78, 5) is 0. The molecule has 2 unspecified atom stereocenters. The van der Waals surface area contributed by atoms with E-state index in [0.29, 0.717) is 12.8 Å². The van der Waals surface area contributed by atoms with E-state index in [1.54, 1.807) is 0 Å². The monoisotopic (exact) mass is 272 g/mol. The molecule has 1 aromatic rings. The molecule has 1 aromatic carbocycles. The predicted octanol–water partition coefficient (Wildman–Crippen LogP) is 2.72. The molecule has 104 valence electrons. The fourth-order valence-corrected chi connectivity index (χ4v) is 3.25. The third kappa shape index (κ3) is 2.49. The Morgan fingerprint density at radius 1 is 1.11 bits per heavy atom. The van der Waals surface area contributed by atoms with Crippen LogP contribution in [0.4, 0.5) is 13.2 Å². The summed E-state index contributed by atoms with van der Waals surface area (Å²) in [6.45, 7) is 0. The van der Waals surface area contributed by atoms with E-state index in [4.69, 9.17) is 4.74 Å². The van der Waals surface area contributed by atoms with Gasteiger partial charge in [0.2, 0.25) is 0 Å². The number of ether oxygens (including phenoxy) is 1. The molecule has 1 N–H and O–H groups in total. The Labute approximate surface area is 109 Å². The van der Waals surface area contributed by atoms with E-state index in [9.17, 15) is 18.3 Å². The summed E-state index contributed by atoms with van der Waals surface area (Å²) in [6, 6.07) is 1.90. The molecule has 5 heteroatoms. The molecule has 2 aliphatic heterocycles. The van der Waals surface area contributed by atoms with Crippen molar-refractivity contribution in [3.63, 3.8) is 0 Å². The summed E-state index contributed by atoms with van der Waals surface area (Å²) < 4.78 is 44.8. The lowest BCUT2D eigenvalue weighted by atomic mass is 9.84. The minimum absolute atomic E-state index is 0.0268. The first-order valence-corrected chi connectivity index (χ1v) is 6.46. The first-order chi connectivity index (χ1) is 8.95. The molecular weight excluding hydrogens is 257 g/mol. The van der Waals surface area contributed by atoms with Crippen molar-refractivity contribution in [2.75, 3.05) is 0 Å². The van der Waals surface area contributed by atoms with E-state index in [-0.39, 0.29) is 24.2 Å². The van der Waals surface area contributed by atoms with Crippen LogP contribution in [0.3, 0.4) is 0 Å². The van der Waals surface area contributed by atoms with Crippen LogP contribution in [0.15, 0.2) is 12.1 Å². The van der Waals surface area contributed by atoms with Gasteiger partial charge in [-0.25, -0.2) is 13.2 Å². The van der Waals surface area contributed by atoms with Crippen LogP contribution in [0.25, 0.3) is 0 Å². The lowest BCUT2D eigenvalue weighted by molar-refractivity contribution is -0.110. The van der Waals surface area contributed by atoms with Crippen molar-refractivity contribution in [3.8, 4) is 0 Å². The zero-order valence-electron chi connectivity index (χ0n) is 10.3. The van der Waals surface area contributed by atoms with E-state index in [0.717, 1.165) is 25.0 Å². The van der Waals surface area contributed by atoms with Gasteiger partial charge in [0.15, 0.2) is 17.5 Å². The number of benzene rings is 1. The Morgan fingerprint density at radius 3 is 2.16 bits per heavy atom. The quantitative estimate of drug-likeness (QED) is 0.839. The highest BCUT2D eigenvalue weighted by atomic mass is 19.2. The molecule has 2 nitrogen and oxygen atoms in total. The number of hydrogen-bond acceptors (Lipinski definition) is 2. The van der Waals surface area contributed by atoms with Gasteiger partial charge in [-0.05, 0) is 30.5 Å². The zero-order valence-corrected chi connectivity index (χ0v) is 10.3. The van der Waals surface area contributed by atoms with E-state index >= 15 is 0 Å².